The monoisotopic (exact) mass is 491 g/mol. The highest BCUT2D eigenvalue weighted by Gasteiger charge is 2.31. The molecule has 174 valence electrons. The molecule has 2 aromatic heterocycles. The average molecular weight is 491 g/mol. The van der Waals surface area contributed by atoms with Gasteiger partial charge in [0.15, 0.2) is 11.0 Å². The lowest BCUT2D eigenvalue weighted by Crippen LogP contribution is -2.16. The number of amides is 1. The maximum Gasteiger partial charge on any atom is 0.416 e. The molecule has 4 aromatic rings. The van der Waals surface area contributed by atoms with Crippen molar-refractivity contribution < 1.29 is 26.7 Å². The molecule has 0 fully saturated rings. The third-order valence-electron chi connectivity index (χ3n) is 4.52. The van der Waals surface area contributed by atoms with Crippen LogP contribution in [0.2, 0.25) is 0 Å². The number of nitrogens with one attached hydrogen (secondary N) is 1. The minimum atomic E-state index is -4.57. The van der Waals surface area contributed by atoms with Crippen LogP contribution in [-0.2, 0) is 11.0 Å². The highest BCUT2D eigenvalue weighted by atomic mass is 32.2. The average Bonchev–Trinajstić information content (AvgIpc) is 3.24. The number of benzene rings is 2. The van der Waals surface area contributed by atoms with Gasteiger partial charge in [0.05, 0.1) is 22.7 Å². The van der Waals surface area contributed by atoms with Gasteiger partial charge in [-0.15, -0.1) is 10.2 Å². The second-order valence-electron chi connectivity index (χ2n) is 6.89. The van der Waals surface area contributed by atoms with Gasteiger partial charge >= 0.3 is 6.18 Å². The van der Waals surface area contributed by atoms with Crippen LogP contribution in [-0.4, -0.2) is 31.4 Å². The van der Waals surface area contributed by atoms with Crippen molar-refractivity contribution in [3.05, 3.63) is 84.2 Å². The van der Waals surface area contributed by atoms with Crippen molar-refractivity contribution in [2.45, 2.75) is 11.3 Å². The Morgan fingerprint density at radius 1 is 1.03 bits per heavy atom. The summed E-state index contributed by atoms with van der Waals surface area (Å²) in [6.45, 7) is 0. The SMILES string of the molecule is O=C(CSc1nnc(-c2cccnc2)n1-c1cccc(C(F)(F)F)c1)Nc1cc(F)ccc1F. The number of carbonyl (C=O) groups excluding carboxylic acids is 1. The summed E-state index contributed by atoms with van der Waals surface area (Å²) < 4.78 is 68.4. The standard InChI is InChI=1S/C22H14F5N5OS/c23-15-6-7-17(24)18(10-15)29-19(33)12-34-21-31-30-20(13-3-2-8-28-11-13)32(21)16-5-1-4-14(9-16)22(25,26)27/h1-11H,12H2,(H,29,33). The minimum absolute atomic E-state index is 0.119. The van der Waals surface area contributed by atoms with E-state index in [9.17, 15) is 26.7 Å². The van der Waals surface area contributed by atoms with Gasteiger partial charge in [-0.05, 0) is 42.5 Å². The number of rotatable bonds is 6. The van der Waals surface area contributed by atoms with E-state index >= 15 is 0 Å². The van der Waals surface area contributed by atoms with Crippen LogP contribution in [0.25, 0.3) is 17.1 Å². The highest BCUT2D eigenvalue weighted by Crippen LogP contribution is 2.33. The Morgan fingerprint density at radius 3 is 2.59 bits per heavy atom. The first-order valence-electron chi connectivity index (χ1n) is 9.63. The molecule has 0 atom stereocenters. The van der Waals surface area contributed by atoms with Crippen LogP contribution in [0.3, 0.4) is 0 Å². The Morgan fingerprint density at radius 2 is 1.85 bits per heavy atom. The van der Waals surface area contributed by atoms with Crippen LogP contribution in [0.1, 0.15) is 5.56 Å². The van der Waals surface area contributed by atoms with Crippen molar-refractivity contribution in [1.29, 1.82) is 0 Å². The first-order valence-corrected chi connectivity index (χ1v) is 10.6. The number of hydrogen-bond acceptors (Lipinski definition) is 5. The van der Waals surface area contributed by atoms with Crippen LogP contribution in [0.5, 0.6) is 0 Å². The van der Waals surface area contributed by atoms with E-state index in [1.54, 1.807) is 12.1 Å². The van der Waals surface area contributed by atoms with Crippen LogP contribution in [0.4, 0.5) is 27.6 Å². The number of carbonyl (C=O) groups is 1. The van der Waals surface area contributed by atoms with E-state index in [0.29, 0.717) is 5.56 Å². The van der Waals surface area contributed by atoms with Gasteiger partial charge in [-0.1, -0.05) is 17.8 Å². The van der Waals surface area contributed by atoms with Crippen molar-refractivity contribution >= 4 is 23.4 Å². The van der Waals surface area contributed by atoms with E-state index in [4.69, 9.17) is 0 Å². The fourth-order valence-electron chi connectivity index (χ4n) is 3.01. The second-order valence-corrected chi connectivity index (χ2v) is 7.83. The summed E-state index contributed by atoms with van der Waals surface area (Å²) in [4.78, 5) is 16.3. The van der Waals surface area contributed by atoms with Gasteiger partial charge in [-0.3, -0.25) is 14.3 Å². The Labute approximate surface area is 193 Å². The van der Waals surface area contributed by atoms with E-state index in [0.717, 1.165) is 42.1 Å². The van der Waals surface area contributed by atoms with Gasteiger partial charge in [-0.2, -0.15) is 13.2 Å². The molecule has 0 spiro atoms. The Hall–Kier alpha value is -3.80. The Kier molecular flexibility index (Phi) is 6.59. The Bertz CT molecular complexity index is 1330. The quantitative estimate of drug-likeness (QED) is 0.291. The maximum absolute atomic E-state index is 13.8. The molecule has 0 bridgehead atoms. The summed E-state index contributed by atoms with van der Waals surface area (Å²) in [5.74, 6) is -2.29. The normalized spacial score (nSPS) is 11.4. The molecule has 1 amide bonds. The summed E-state index contributed by atoms with van der Waals surface area (Å²) in [6, 6.07) is 10.5. The molecular weight excluding hydrogens is 477 g/mol. The summed E-state index contributed by atoms with van der Waals surface area (Å²) >= 11 is 0.868. The first kappa shape index (κ1) is 23.4. The summed E-state index contributed by atoms with van der Waals surface area (Å²) in [5, 5.41) is 10.5. The van der Waals surface area contributed by atoms with Gasteiger partial charge in [0.1, 0.15) is 11.6 Å². The van der Waals surface area contributed by atoms with Crippen LogP contribution in [0, 0.1) is 11.6 Å². The maximum atomic E-state index is 13.8. The molecule has 1 N–H and O–H groups in total. The predicted molar refractivity (Wildman–Crippen MR) is 115 cm³/mol. The molecule has 0 aliphatic heterocycles. The zero-order chi connectivity index (χ0) is 24.3. The van der Waals surface area contributed by atoms with Crippen molar-refractivity contribution in [3.8, 4) is 17.1 Å². The first-order chi connectivity index (χ1) is 16.2. The lowest BCUT2D eigenvalue weighted by molar-refractivity contribution is -0.137. The van der Waals surface area contributed by atoms with Crippen molar-refractivity contribution in [2.75, 3.05) is 11.1 Å². The lowest BCUT2D eigenvalue weighted by Gasteiger charge is -2.13. The molecule has 0 saturated carbocycles. The van der Waals surface area contributed by atoms with Gasteiger partial charge in [-0.25, -0.2) is 8.78 Å². The van der Waals surface area contributed by atoms with Gasteiger partial charge in [0.2, 0.25) is 5.91 Å². The molecule has 0 aliphatic carbocycles. The molecule has 0 unspecified atom stereocenters. The third kappa shape index (κ3) is 5.22. The molecule has 0 saturated heterocycles. The molecule has 4 rings (SSSR count). The number of halogens is 5. The predicted octanol–water partition coefficient (Wildman–Crippen LogP) is 5.36. The highest BCUT2D eigenvalue weighted by molar-refractivity contribution is 7.99. The number of pyridine rings is 1. The van der Waals surface area contributed by atoms with E-state index in [1.807, 2.05) is 0 Å². The number of hydrogen-bond donors (Lipinski definition) is 1. The molecule has 34 heavy (non-hydrogen) atoms. The Balaban J connectivity index is 1.65. The van der Waals surface area contributed by atoms with Crippen molar-refractivity contribution in [1.82, 2.24) is 19.7 Å². The number of aromatic nitrogens is 4. The summed E-state index contributed by atoms with van der Waals surface area (Å²) in [7, 11) is 0. The van der Waals surface area contributed by atoms with E-state index in [1.165, 1.54) is 29.1 Å². The molecule has 2 heterocycles. The smallest absolute Gasteiger partial charge is 0.323 e. The van der Waals surface area contributed by atoms with Crippen LogP contribution < -0.4 is 5.32 Å². The topological polar surface area (TPSA) is 72.7 Å². The van der Waals surface area contributed by atoms with Gasteiger partial charge < -0.3 is 5.32 Å². The molecular formula is C22H14F5N5OS. The third-order valence-corrected chi connectivity index (χ3v) is 5.45. The number of alkyl halides is 3. The molecule has 6 nitrogen and oxygen atoms in total. The molecule has 0 aliphatic rings. The van der Waals surface area contributed by atoms with Crippen molar-refractivity contribution in [3.63, 3.8) is 0 Å². The fraction of sp³-hybridized carbons (Fsp3) is 0.0909. The van der Waals surface area contributed by atoms with Gasteiger partial charge in [0, 0.05) is 24.0 Å². The van der Waals surface area contributed by atoms with Crippen LogP contribution >= 0.6 is 11.8 Å². The molecule has 2 aromatic carbocycles. The number of nitrogens with zero attached hydrogens (tertiary/aromatic N) is 4. The summed E-state index contributed by atoms with van der Waals surface area (Å²) in [5.41, 5.74) is -0.588. The lowest BCUT2D eigenvalue weighted by atomic mass is 10.2. The van der Waals surface area contributed by atoms with Crippen molar-refractivity contribution in [2.24, 2.45) is 0 Å². The number of thioether (sulfide) groups is 1. The fourth-order valence-corrected chi connectivity index (χ4v) is 3.76. The summed E-state index contributed by atoms with van der Waals surface area (Å²) in [6.07, 6.45) is -1.57. The second kappa shape index (κ2) is 9.59. The zero-order valence-electron chi connectivity index (χ0n) is 17.1. The van der Waals surface area contributed by atoms with Crippen LogP contribution in [0.15, 0.2) is 72.1 Å². The number of anilines is 1. The molecule has 0 radical (unpaired) electrons. The van der Waals surface area contributed by atoms with Gasteiger partial charge in [0.25, 0.3) is 0 Å². The largest absolute Gasteiger partial charge is 0.416 e. The zero-order valence-corrected chi connectivity index (χ0v) is 17.9. The molecule has 12 heteroatoms. The van der Waals surface area contributed by atoms with E-state index < -0.39 is 29.3 Å². The minimum Gasteiger partial charge on any atom is -0.323 e. The van der Waals surface area contributed by atoms with E-state index in [2.05, 4.69) is 20.5 Å². The van der Waals surface area contributed by atoms with E-state index in [-0.39, 0.29) is 28.1 Å².